The van der Waals surface area contributed by atoms with Crippen LogP contribution in [0.25, 0.3) is 0 Å². The van der Waals surface area contributed by atoms with Crippen molar-refractivity contribution in [2.24, 2.45) is 0 Å². The number of nitrogens with one attached hydrogen (secondary N) is 1. The van der Waals surface area contributed by atoms with Gasteiger partial charge in [0.2, 0.25) is 0 Å². The standard InChI is InChI=1S/C15H23NO2S.ClH/c1-4-19-15-9-13(17-2)12(8-14(15)18-3)11-6-5-7-16-10-11;/h8-9,11,16H,4-7,10H2,1-3H3;1H/t11-;/m0./s1. The minimum Gasteiger partial charge on any atom is -0.496 e. The van der Waals surface area contributed by atoms with Gasteiger partial charge in [-0.05, 0) is 37.3 Å². The van der Waals surface area contributed by atoms with Gasteiger partial charge in [0, 0.05) is 18.0 Å². The van der Waals surface area contributed by atoms with E-state index in [0.29, 0.717) is 5.92 Å². The van der Waals surface area contributed by atoms with E-state index in [4.69, 9.17) is 9.47 Å². The van der Waals surface area contributed by atoms with Crippen LogP contribution in [0.3, 0.4) is 0 Å². The highest BCUT2D eigenvalue weighted by Crippen LogP contribution is 2.40. The molecule has 0 bridgehead atoms. The van der Waals surface area contributed by atoms with Crippen LogP contribution in [0.2, 0.25) is 0 Å². The molecule has 2 rings (SSSR count). The highest BCUT2D eigenvalue weighted by atomic mass is 35.5. The van der Waals surface area contributed by atoms with Gasteiger partial charge in [-0.25, -0.2) is 0 Å². The average Bonchev–Trinajstić information content (AvgIpc) is 2.48. The van der Waals surface area contributed by atoms with E-state index in [2.05, 4.69) is 24.4 Å². The summed E-state index contributed by atoms with van der Waals surface area (Å²) in [7, 11) is 3.49. The molecule has 1 N–H and O–H groups in total. The van der Waals surface area contributed by atoms with Gasteiger partial charge in [-0.15, -0.1) is 24.2 Å². The molecule has 1 aromatic rings. The van der Waals surface area contributed by atoms with E-state index in [1.165, 1.54) is 18.4 Å². The number of methoxy groups -OCH3 is 2. The van der Waals surface area contributed by atoms with Crippen LogP contribution in [0.5, 0.6) is 11.5 Å². The monoisotopic (exact) mass is 317 g/mol. The number of ether oxygens (including phenoxy) is 2. The number of rotatable bonds is 5. The molecule has 0 unspecified atom stereocenters. The quantitative estimate of drug-likeness (QED) is 0.839. The highest BCUT2D eigenvalue weighted by molar-refractivity contribution is 7.99. The molecular formula is C15H24ClNO2S. The van der Waals surface area contributed by atoms with Crippen molar-refractivity contribution < 1.29 is 9.47 Å². The fourth-order valence-electron chi connectivity index (χ4n) is 2.60. The van der Waals surface area contributed by atoms with Crippen molar-refractivity contribution in [1.82, 2.24) is 5.32 Å². The van der Waals surface area contributed by atoms with Crippen molar-refractivity contribution in [3.63, 3.8) is 0 Å². The Morgan fingerprint density at radius 2 is 2.00 bits per heavy atom. The lowest BCUT2D eigenvalue weighted by Gasteiger charge is -2.25. The number of hydrogen-bond donors (Lipinski definition) is 1. The summed E-state index contributed by atoms with van der Waals surface area (Å²) >= 11 is 1.79. The summed E-state index contributed by atoms with van der Waals surface area (Å²) in [5.74, 6) is 3.51. The molecule has 0 amide bonds. The summed E-state index contributed by atoms with van der Waals surface area (Å²) in [6, 6.07) is 4.28. The molecule has 1 atom stereocenters. The van der Waals surface area contributed by atoms with E-state index in [0.717, 1.165) is 35.2 Å². The van der Waals surface area contributed by atoms with Crippen molar-refractivity contribution in [3.05, 3.63) is 17.7 Å². The van der Waals surface area contributed by atoms with Crippen LogP contribution >= 0.6 is 24.2 Å². The Bertz CT molecular complexity index is 423. The molecule has 0 spiro atoms. The molecule has 0 radical (unpaired) electrons. The number of halogens is 1. The zero-order valence-electron chi connectivity index (χ0n) is 12.4. The van der Waals surface area contributed by atoms with Gasteiger partial charge in [0.1, 0.15) is 11.5 Å². The Kier molecular flexibility index (Phi) is 7.56. The minimum atomic E-state index is 0. The minimum absolute atomic E-state index is 0. The van der Waals surface area contributed by atoms with Crippen LogP contribution in [0.15, 0.2) is 17.0 Å². The first-order chi connectivity index (χ1) is 9.30. The predicted octanol–water partition coefficient (Wildman–Crippen LogP) is 3.70. The van der Waals surface area contributed by atoms with Crippen LogP contribution in [-0.2, 0) is 0 Å². The van der Waals surface area contributed by atoms with Gasteiger partial charge in [-0.3, -0.25) is 0 Å². The Morgan fingerprint density at radius 1 is 1.25 bits per heavy atom. The molecule has 1 saturated heterocycles. The number of hydrogen-bond acceptors (Lipinski definition) is 4. The summed E-state index contributed by atoms with van der Waals surface area (Å²) in [6.45, 7) is 4.30. The van der Waals surface area contributed by atoms with Crippen LogP contribution < -0.4 is 14.8 Å². The predicted molar refractivity (Wildman–Crippen MR) is 88.0 cm³/mol. The summed E-state index contributed by atoms with van der Waals surface area (Å²) in [5.41, 5.74) is 1.27. The first-order valence-electron chi connectivity index (χ1n) is 6.89. The van der Waals surface area contributed by atoms with Crippen LogP contribution in [0.1, 0.15) is 31.2 Å². The normalized spacial score (nSPS) is 18.2. The van der Waals surface area contributed by atoms with Gasteiger partial charge in [-0.1, -0.05) is 6.92 Å². The zero-order valence-corrected chi connectivity index (χ0v) is 14.0. The maximum absolute atomic E-state index is 5.59. The maximum atomic E-state index is 5.59. The number of piperidine rings is 1. The molecular weight excluding hydrogens is 294 g/mol. The average molecular weight is 318 g/mol. The van der Waals surface area contributed by atoms with Crippen molar-refractivity contribution in [1.29, 1.82) is 0 Å². The molecule has 0 aliphatic carbocycles. The van der Waals surface area contributed by atoms with Gasteiger partial charge in [0.15, 0.2) is 0 Å². The molecule has 114 valence electrons. The molecule has 0 saturated carbocycles. The Labute approximate surface area is 132 Å². The molecule has 1 fully saturated rings. The highest BCUT2D eigenvalue weighted by Gasteiger charge is 2.21. The van der Waals surface area contributed by atoms with Crippen molar-refractivity contribution >= 4 is 24.2 Å². The molecule has 0 aromatic heterocycles. The molecule has 1 aliphatic heterocycles. The van der Waals surface area contributed by atoms with Crippen LogP contribution in [0, 0.1) is 0 Å². The van der Waals surface area contributed by atoms with Crippen LogP contribution in [0.4, 0.5) is 0 Å². The molecule has 1 heterocycles. The van der Waals surface area contributed by atoms with Gasteiger partial charge in [0.05, 0.1) is 19.1 Å². The molecule has 1 aliphatic rings. The molecule has 20 heavy (non-hydrogen) atoms. The number of benzene rings is 1. The largest absolute Gasteiger partial charge is 0.496 e. The van der Waals surface area contributed by atoms with E-state index in [9.17, 15) is 0 Å². The SMILES string of the molecule is CCSc1cc(OC)c([C@H]2CCCNC2)cc1OC.Cl. The van der Waals surface area contributed by atoms with Gasteiger partial charge in [-0.2, -0.15) is 0 Å². The Balaban J connectivity index is 0.00000200. The molecule has 1 aromatic carbocycles. The molecule has 5 heteroatoms. The van der Waals surface area contributed by atoms with Crippen molar-refractivity contribution in [3.8, 4) is 11.5 Å². The third-order valence-corrected chi connectivity index (χ3v) is 4.47. The molecule has 3 nitrogen and oxygen atoms in total. The lowest BCUT2D eigenvalue weighted by Crippen LogP contribution is -2.28. The van der Waals surface area contributed by atoms with Gasteiger partial charge >= 0.3 is 0 Å². The fourth-order valence-corrected chi connectivity index (χ4v) is 3.38. The van der Waals surface area contributed by atoms with E-state index in [1.54, 1.807) is 26.0 Å². The maximum Gasteiger partial charge on any atom is 0.132 e. The second-order valence-corrected chi connectivity index (χ2v) is 6.03. The van der Waals surface area contributed by atoms with Gasteiger partial charge in [0.25, 0.3) is 0 Å². The third-order valence-electron chi connectivity index (χ3n) is 3.55. The topological polar surface area (TPSA) is 30.5 Å². The second kappa shape index (κ2) is 8.65. The fraction of sp³-hybridized carbons (Fsp3) is 0.600. The summed E-state index contributed by atoms with van der Waals surface area (Å²) < 4.78 is 11.1. The van der Waals surface area contributed by atoms with E-state index in [-0.39, 0.29) is 12.4 Å². The Hall–Kier alpha value is -0.580. The second-order valence-electron chi connectivity index (χ2n) is 4.72. The third kappa shape index (κ3) is 3.96. The van der Waals surface area contributed by atoms with Crippen molar-refractivity contribution in [2.75, 3.05) is 33.1 Å². The van der Waals surface area contributed by atoms with E-state index in [1.807, 2.05) is 0 Å². The van der Waals surface area contributed by atoms with E-state index < -0.39 is 0 Å². The van der Waals surface area contributed by atoms with Crippen LogP contribution in [-0.4, -0.2) is 33.1 Å². The summed E-state index contributed by atoms with van der Waals surface area (Å²) in [5, 5.41) is 3.46. The van der Waals surface area contributed by atoms with E-state index >= 15 is 0 Å². The summed E-state index contributed by atoms with van der Waals surface area (Å²) in [6.07, 6.45) is 2.44. The first-order valence-corrected chi connectivity index (χ1v) is 7.88. The lowest BCUT2D eigenvalue weighted by atomic mass is 9.91. The zero-order chi connectivity index (χ0) is 13.7. The smallest absolute Gasteiger partial charge is 0.132 e. The van der Waals surface area contributed by atoms with Gasteiger partial charge < -0.3 is 14.8 Å². The lowest BCUT2D eigenvalue weighted by molar-refractivity contribution is 0.378. The number of thioether (sulfide) groups is 1. The Morgan fingerprint density at radius 3 is 2.55 bits per heavy atom. The van der Waals surface area contributed by atoms with Crippen molar-refractivity contribution in [2.45, 2.75) is 30.6 Å². The first kappa shape index (κ1) is 17.5. The summed E-state index contributed by atoms with van der Waals surface area (Å²) in [4.78, 5) is 1.16.